The summed E-state index contributed by atoms with van der Waals surface area (Å²) in [5.74, 6) is 1.27. The monoisotopic (exact) mass is 315 g/mol. The standard InChI is InChI=1S/C11H11BrClN3O/c1-17-8-3-2-7(9(12)4-8)6-16-11(14)10(13)5-15-16/h2-5H,6,14H2,1H3. The van der Waals surface area contributed by atoms with Crippen LogP contribution in [0.4, 0.5) is 5.82 Å². The summed E-state index contributed by atoms with van der Waals surface area (Å²) in [6, 6.07) is 5.75. The molecule has 0 fully saturated rings. The zero-order chi connectivity index (χ0) is 12.4. The minimum absolute atomic E-state index is 0.467. The summed E-state index contributed by atoms with van der Waals surface area (Å²) in [6.07, 6.45) is 1.54. The first-order valence-electron chi connectivity index (χ1n) is 4.91. The SMILES string of the molecule is COc1ccc(Cn2ncc(Cl)c2N)c(Br)c1. The Morgan fingerprint density at radius 3 is 2.82 bits per heavy atom. The third-order valence-electron chi connectivity index (χ3n) is 2.41. The Bertz CT molecular complexity index is 542. The number of methoxy groups -OCH3 is 1. The van der Waals surface area contributed by atoms with Crippen molar-refractivity contribution in [2.75, 3.05) is 12.8 Å². The Labute approximate surface area is 112 Å². The van der Waals surface area contributed by atoms with Crippen molar-refractivity contribution in [3.05, 3.63) is 39.5 Å². The van der Waals surface area contributed by atoms with Crippen molar-refractivity contribution in [1.29, 1.82) is 0 Å². The fraction of sp³-hybridized carbons (Fsp3) is 0.182. The molecule has 4 nitrogen and oxygen atoms in total. The molecule has 1 aromatic heterocycles. The average molecular weight is 317 g/mol. The Hall–Kier alpha value is -1.20. The number of anilines is 1. The normalized spacial score (nSPS) is 10.5. The molecule has 17 heavy (non-hydrogen) atoms. The van der Waals surface area contributed by atoms with Crippen molar-refractivity contribution in [3.63, 3.8) is 0 Å². The molecule has 0 aliphatic rings. The van der Waals surface area contributed by atoms with Crippen LogP contribution in [-0.4, -0.2) is 16.9 Å². The molecule has 0 saturated heterocycles. The van der Waals surface area contributed by atoms with Crippen molar-refractivity contribution in [3.8, 4) is 5.75 Å². The zero-order valence-electron chi connectivity index (χ0n) is 9.15. The van der Waals surface area contributed by atoms with Crippen LogP contribution in [0.15, 0.2) is 28.9 Å². The minimum atomic E-state index is 0.467. The van der Waals surface area contributed by atoms with Gasteiger partial charge in [-0.1, -0.05) is 33.6 Å². The molecule has 0 bridgehead atoms. The number of hydrogen-bond acceptors (Lipinski definition) is 3. The molecule has 2 aromatic rings. The molecule has 0 amide bonds. The molecule has 2 rings (SSSR count). The second-order valence-electron chi connectivity index (χ2n) is 3.49. The maximum absolute atomic E-state index is 5.84. The van der Waals surface area contributed by atoms with Gasteiger partial charge in [0.15, 0.2) is 0 Å². The topological polar surface area (TPSA) is 53.1 Å². The van der Waals surface area contributed by atoms with Crippen LogP contribution in [0.5, 0.6) is 5.75 Å². The molecule has 0 unspecified atom stereocenters. The summed E-state index contributed by atoms with van der Waals surface area (Å²) in [5.41, 5.74) is 6.84. The first-order valence-corrected chi connectivity index (χ1v) is 6.08. The van der Waals surface area contributed by atoms with E-state index >= 15 is 0 Å². The second kappa shape index (κ2) is 4.98. The first kappa shape index (κ1) is 12.3. The number of hydrogen-bond donors (Lipinski definition) is 1. The molecule has 1 aromatic carbocycles. The smallest absolute Gasteiger partial charge is 0.140 e. The van der Waals surface area contributed by atoms with Gasteiger partial charge < -0.3 is 10.5 Å². The van der Waals surface area contributed by atoms with Gasteiger partial charge >= 0.3 is 0 Å². The van der Waals surface area contributed by atoms with Crippen LogP contribution in [0.25, 0.3) is 0 Å². The molecule has 6 heteroatoms. The lowest BCUT2D eigenvalue weighted by atomic mass is 10.2. The molecule has 0 aliphatic carbocycles. The van der Waals surface area contributed by atoms with Crippen LogP contribution in [0.1, 0.15) is 5.56 Å². The highest BCUT2D eigenvalue weighted by Crippen LogP contribution is 2.25. The van der Waals surface area contributed by atoms with Gasteiger partial charge in [-0.25, -0.2) is 4.68 Å². The summed E-state index contributed by atoms with van der Waals surface area (Å²) < 4.78 is 7.72. The van der Waals surface area contributed by atoms with E-state index in [1.165, 1.54) is 6.20 Å². The lowest BCUT2D eigenvalue weighted by Crippen LogP contribution is -2.06. The van der Waals surface area contributed by atoms with E-state index in [9.17, 15) is 0 Å². The van der Waals surface area contributed by atoms with Gasteiger partial charge in [0.05, 0.1) is 19.9 Å². The van der Waals surface area contributed by atoms with Gasteiger partial charge in [-0.2, -0.15) is 5.10 Å². The number of halogens is 2. The predicted molar refractivity (Wildman–Crippen MR) is 71.4 cm³/mol. The van der Waals surface area contributed by atoms with E-state index in [0.29, 0.717) is 17.4 Å². The fourth-order valence-corrected chi connectivity index (χ4v) is 2.07. The highest BCUT2D eigenvalue weighted by Gasteiger charge is 2.08. The molecule has 0 spiro atoms. The third kappa shape index (κ3) is 2.56. The molecule has 0 aliphatic heterocycles. The minimum Gasteiger partial charge on any atom is -0.497 e. The van der Waals surface area contributed by atoms with Gasteiger partial charge in [0, 0.05) is 4.47 Å². The lowest BCUT2D eigenvalue weighted by molar-refractivity contribution is 0.414. The lowest BCUT2D eigenvalue weighted by Gasteiger charge is -2.08. The van der Waals surface area contributed by atoms with Crippen molar-refractivity contribution in [1.82, 2.24) is 9.78 Å². The second-order valence-corrected chi connectivity index (χ2v) is 4.75. The van der Waals surface area contributed by atoms with Crippen LogP contribution in [0, 0.1) is 0 Å². The number of benzene rings is 1. The van der Waals surface area contributed by atoms with Gasteiger partial charge in [-0.3, -0.25) is 0 Å². The van der Waals surface area contributed by atoms with Crippen molar-refractivity contribution in [2.45, 2.75) is 6.54 Å². The number of nitrogens with zero attached hydrogens (tertiary/aromatic N) is 2. The van der Waals surface area contributed by atoms with E-state index in [1.807, 2.05) is 18.2 Å². The zero-order valence-corrected chi connectivity index (χ0v) is 11.5. The van der Waals surface area contributed by atoms with E-state index in [4.69, 9.17) is 22.1 Å². The van der Waals surface area contributed by atoms with E-state index in [1.54, 1.807) is 11.8 Å². The summed E-state index contributed by atoms with van der Waals surface area (Å²) in [6.45, 7) is 0.559. The Morgan fingerprint density at radius 1 is 1.53 bits per heavy atom. The molecule has 2 N–H and O–H groups in total. The summed E-state index contributed by atoms with van der Waals surface area (Å²) >= 11 is 9.32. The molecule has 0 saturated carbocycles. The Morgan fingerprint density at radius 2 is 2.29 bits per heavy atom. The maximum Gasteiger partial charge on any atom is 0.140 e. The molecular weight excluding hydrogens is 305 g/mol. The highest BCUT2D eigenvalue weighted by molar-refractivity contribution is 9.10. The number of ether oxygens (including phenoxy) is 1. The molecular formula is C11H11BrClN3O. The van der Waals surface area contributed by atoms with Crippen molar-refractivity contribution >= 4 is 33.3 Å². The van der Waals surface area contributed by atoms with Gasteiger partial charge in [0.25, 0.3) is 0 Å². The Balaban J connectivity index is 2.27. The largest absolute Gasteiger partial charge is 0.497 e. The number of nitrogen functional groups attached to an aromatic ring is 1. The van der Waals surface area contributed by atoms with Gasteiger partial charge in [-0.05, 0) is 17.7 Å². The fourth-order valence-electron chi connectivity index (χ4n) is 1.44. The first-order chi connectivity index (χ1) is 8.11. The van der Waals surface area contributed by atoms with Crippen molar-refractivity contribution in [2.24, 2.45) is 0 Å². The third-order valence-corrected chi connectivity index (χ3v) is 3.44. The number of rotatable bonds is 3. The van der Waals surface area contributed by atoms with Gasteiger partial charge in [0.1, 0.15) is 16.6 Å². The Kier molecular flexibility index (Phi) is 3.59. The maximum atomic E-state index is 5.84. The van der Waals surface area contributed by atoms with Gasteiger partial charge in [0.2, 0.25) is 0 Å². The van der Waals surface area contributed by atoms with E-state index in [2.05, 4.69) is 21.0 Å². The van der Waals surface area contributed by atoms with E-state index in [0.717, 1.165) is 15.8 Å². The summed E-state index contributed by atoms with van der Waals surface area (Å²) in [4.78, 5) is 0. The summed E-state index contributed by atoms with van der Waals surface area (Å²) in [5, 5.41) is 4.57. The van der Waals surface area contributed by atoms with Gasteiger partial charge in [-0.15, -0.1) is 0 Å². The number of aromatic nitrogens is 2. The van der Waals surface area contributed by atoms with Crippen LogP contribution < -0.4 is 10.5 Å². The van der Waals surface area contributed by atoms with E-state index in [-0.39, 0.29) is 0 Å². The van der Waals surface area contributed by atoms with Crippen LogP contribution in [-0.2, 0) is 6.54 Å². The average Bonchev–Trinajstić information content (AvgIpc) is 2.63. The molecule has 90 valence electrons. The predicted octanol–water partition coefficient (Wildman–Crippen LogP) is 2.94. The highest BCUT2D eigenvalue weighted by atomic mass is 79.9. The van der Waals surface area contributed by atoms with Crippen molar-refractivity contribution < 1.29 is 4.74 Å². The molecule has 1 heterocycles. The van der Waals surface area contributed by atoms with Crippen LogP contribution >= 0.6 is 27.5 Å². The van der Waals surface area contributed by atoms with Crippen LogP contribution in [0.2, 0.25) is 5.02 Å². The van der Waals surface area contributed by atoms with E-state index < -0.39 is 0 Å². The summed E-state index contributed by atoms with van der Waals surface area (Å²) in [7, 11) is 1.63. The van der Waals surface area contributed by atoms with Crippen LogP contribution in [0.3, 0.4) is 0 Å². The molecule has 0 atom stereocenters. The quantitative estimate of drug-likeness (QED) is 0.947. The molecule has 0 radical (unpaired) electrons. The number of nitrogens with two attached hydrogens (primary N) is 1.